The highest BCUT2D eigenvalue weighted by Crippen LogP contribution is 2.29. The zero-order chi connectivity index (χ0) is 12.4. The molecule has 0 saturated heterocycles. The van der Waals surface area contributed by atoms with E-state index in [0.29, 0.717) is 6.42 Å². The fourth-order valence-corrected chi connectivity index (χ4v) is 1.71. The molecule has 0 aromatic heterocycles. The van der Waals surface area contributed by atoms with Gasteiger partial charge in [0.2, 0.25) is 3.79 Å². The smallest absolute Gasteiger partial charge is 0.248 e. The zero-order valence-corrected chi connectivity index (χ0v) is 11.8. The Labute approximate surface area is 113 Å². The molecule has 0 saturated carbocycles. The van der Waals surface area contributed by atoms with E-state index in [1.165, 1.54) is 19.3 Å². The van der Waals surface area contributed by atoms with Crippen LogP contribution in [0.4, 0.5) is 0 Å². The number of ketones is 1. The fraction of sp³-hybridized carbons (Fsp3) is 0.750. The van der Waals surface area contributed by atoms with Crippen LogP contribution in [0.3, 0.4) is 0 Å². The van der Waals surface area contributed by atoms with Crippen LogP contribution in [0, 0.1) is 0 Å². The maximum atomic E-state index is 11.2. The van der Waals surface area contributed by atoms with Crippen molar-refractivity contribution in [3.63, 3.8) is 0 Å². The number of halogens is 3. The van der Waals surface area contributed by atoms with Gasteiger partial charge in [0.25, 0.3) is 0 Å². The summed E-state index contributed by atoms with van der Waals surface area (Å²) < 4.78 is -1.73. The first kappa shape index (κ1) is 16.3. The van der Waals surface area contributed by atoms with E-state index in [0.717, 1.165) is 25.7 Å². The number of allylic oxidation sites excluding steroid dienone is 1. The lowest BCUT2D eigenvalue weighted by atomic mass is 10.1. The first-order valence-electron chi connectivity index (χ1n) is 5.69. The van der Waals surface area contributed by atoms with Crippen LogP contribution < -0.4 is 0 Å². The molecule has 0 fully saturated rings. The lowest BCUT2D eigenvalue weighted by molar-refractivity contribution is -0.118. The molecule has 0 spiro atoms. The fourth-order valence-electron chi connectivity index (χ4n) is 1.42. The number of carbonyl (C=O) groups excluding carboxylic acids is 1. The third-order valence-corrected chi connectivity index (χ3v) is 3.01. The average molecular weight is 286 g/mol. The summed E-state index contributed by atoms with van der Waals surface area (Å²) in [7, 11) is 0. The molecule has 0 rings (SSSR count). The number of carbonyl (C=O) groups is 1. The van der Waals surface area contributed by atoms with E-state index in [9.17, 15) is 4.79 Å². The van der Waals surface area contributed by atoms with Crippen LogP contribution in [-0.4, -0.2) is 9.58 Å². The van der Waals surface area contributed by atoms with Gasteiger partial charge in [0.15, 0.2) is 5.78 Å². The van der Waals surface area contributed by atoms with E-state index in [1.807, 2.05) is 6.08 Å². The van der Waals surface area contributed by atoms with Gasteiger partial charge in [-0.1, -0.05) is 66.6 Å². The van der Waals surface area contributed by atoms with Gasteiger partial charge in [-0.05, 0) is 19.3 Å². The minimum absolute atomic E-state index is 0.302. The van der Waals surface area contributed by atoms with Crippen molar-refractivity contribution in [3.8, 4) is 0 Å². The summed E-state index contributed by atoms with van der Waals surface area (Å²) in [6, 6.07) is 0. The van der Waals surface area contributed by atoms with Crippen molar-refractivity contribution < 1.29 is 4.79 Å². The standard InChI is InChI=1S/C12H19Cl3O/c1-2-3-4-5-6-7-8-9-10-11(16)12(13,14)15/h2H,1,3-10H2. The Balaban J connectivity index is 3.27. The van der Waals surface area contributed by atoms with Crippen LogP contribution in [0.1, 0.15) is 51.4 Å². The molecule has 1 nitrogen and oxygen atoms in total. The third-order valence-electron chi connectivity index (χ3n) is 2.38. The summed E-state index contributed by atoms with van der Waals surface area (Å²) in [6.07, 6.45) is 10.0. The SMILES string of the molecule is C=CCCCCCCCCC(=O)C(Cl)(Cl)Cl. The van der Waals surface area contributed by atoms with E-state index < -0.39 is 3.79 Å². The maximum absolute atomic E-state index is 11.2. The third kappa shape index (κ3) is 9.50. The molecule has 0 N–H and O–H groups in total. The normalized spacial score (nSPS) is 11.4. The van der Waals surface area contributed by atoms with Crippen LogP contribution in [0.25, 0.3) is 0 Å². The van der Waals surface area contributed by atoms with Gasteiger partial charge >= 0.3 is 0 Å². The highest BCUT2D eigenvalue weighted by molar-refractivity contribution is 6.76. The minimum Gasteiger partial charge on any atom is -0.295 e. The van der Waals surface area contributed by atoms with Crippen molar-refractivity contribution in [2.45, 2.75) is 55.2 Å². The molecule has 0 aromatic rings. The van der Waals surface area contributed by atoms with Gasteiger partial charge in [-0.25, -0.2) is 0 Å². The molecule has 16 heavy (non-hydrogen) atoms. The highest BCUT2D eigenvalue weighted by Gasteiger charge is 2.29. The topological polar surface area (TPSA) is 17.1 Å². The first-order valence-corrected chi connectivity index (χ1v) is 6.83. The molecule has 0 aliphatic rings. The van der Waals surface area contributed by atoms with Crippen LogP contribution in [0.15, 0.2) is 12.7 Å². The van der Waals surface area contributed by atoms with Crippen LogP contribution in [0.2, 0.25) is 0 Å². The van der Waals surface area contributed by atoms with Crippen LogP contribution in [-0.2, 0) is 4.79 Å². The molecule has 0 aliphatic heterocycles. The minimum atomic E-state index is -1.73. The number of unbranched alkanes of at least 4 members (excludes halogenated alkanes) is 6. The Morgan fingerprint density at radius 3 is 2.00 bits per heavy atom. The Bertz CT molecular complexity index is 209. The van der Waals surface area contributed by atoms with Crippen LogP contribution >= 0.6 is 34.8 Å². The van der Waals surface area contributed by atoms with Crippen molar-refractivity contribution in [1.82, 2.24) is 0 Å². The van der Waals surface area contributed by atoms with Crippen LogP contribution in [0.5, 0.6) is 0 Å². The Morgan fingerprint density at radius 1 is 1.00 bits per heavy atom. The van der Waals surface area contributed by atoms with Gasteiger partial charge in [-0.15, -0.1) is 6.58 Å². The molecule has 4 heteroatoms. The molecule has 0 unspecified atom stereocenters. The number of rotatable bonds is 9. The van der Waals surface area contributed by atoms with Gasteiger partial charge in [0, 0.05) is 6.42 Å². The second-order valence-corrected chi connectivity index (χ2v) is 6.15. The second-order valence-electron chi connectivity index (χ2n) is 3.87. The Kier molecular flexibility index (Phi) is 9.49. The average Bonchev–Trinajstić information content (AvgIpc) is 2.20. The van der Waals surface area contributed by atoms with Crippen molar-refractivity contribution in [2.24, 2.45) is 0 Å². The number of hydrogen-bond donors (Lipinski definition) is 0. The molecule has 0 atom stereocenters. The largest absolute Gasteiger partial charge is 0.295 e. The quantitative estimate of drug-likeness (QED) is 0.322. The van der Waals surface area contributed by atoms with Crippen molar-refractivity contribution in [3.05, 3.63) is 12.7 Å². The predicted molar refractivity (Wildman–Crippen MR) is 72.4 cm³/mol. The van der Waals surface area contributed by atoms with E-state index in [-0.39, 0.29) is 5.78 Å². The van der Waals surface area contributed by atoms with E-state index in [1.54, 1.807) is 0 Å². The molecular weight excluding hydrogens is 266 g/mol. The van der Waals surface area contributed by atoms with E-state index in [4.69, 9.17) is 34.8 Å². The molecule has 0 aliphatic carbocycles. The summed E-state index contributed by atoms with van der Waals surface area (Å²) in [5.41, 5.74) is 0. The summed E-state index contributed by atoms with van der Waals surface area (Å²) >= 11 is 16.4. The van der Waals surface area contributed by atoms with E-state index >= 15 is 0 Å². The molecular formula is C12H19Cl3O. The molecule has 0 amide bonds. The van der Waals surface area contributed by atoms with Gasteiger partial charge in [0.05, 0.1) is 0 Å². The molecule has 0 aromatic carbocycles. The van der Waals surface area contributed by atoms with Gasteiger partial charge in [-0.3, -0.25) is 4.79 Å². The van der Waals surface area contributed by atoms with Crippen molar-refractivity contribution >= 4 is 40.6 Å². The molecule has 0 radical (unpaired) electrons. The van der Waals surface area contributed by atoms with Gasteiger partial charge in [-0.2, -0.15) is 0 Å². The number of Topliss-reactive ketones (excluding diaryl/α,β-unsaturated/α-hetero) is 1. The molecule has 94 valence electrons. The predicted octanol–water partition coefficient (Wildman–Crippen LogP) is 5.23. The lowest BCUT2D eigenvalue weighted by Gasteiger charge is -2.08. The summed E-state index contributed by atoms with van der Waals surface area (Å²) in [4.78, 5) is 11.2. The summed E-state index contributed by atoms with van der Waals surface area (Å²) in [5.74, 6) is -0.302. The lowest BCUT2D eigenvalue weighted by Crippen LogP contribution is -2.18. The Hall–Kier alpha value is 0.280. The number of alkyl halides is 3. The highest BCUT2D eigenvalue weighted by atomic mass is 35.6. The van der Waals surface area contributed by atoms with Gasteiger partial charge < -0.3 is 0 Å². The second kappa shape index (κ2) is 9.32. The monoisotopic (exact) mass is 284 g/mol. The van der Waals surface area contributed by atoms with Crippen molar-refractivity contribution in [1.29, 1.82) is 0 Å². The Morgan fingerprint density at radius 2 is 1.50 bits per heavy atom. The number of hydrogen-bond acceptors (Lipinski definition) is 1. The maximum Gasteiger partial charge on any atom is 0.248 e. The molecule has 0 heterocycles. The van der Waals surface area contributed by atoms with Crippen molar-refractivity contribution in [2.75, 3.05) is 0 Å². The molecule has 0 bridgehead atoms. The summed E-state index contributed by atoms with van der Waals surface area (Å²) in [5, 5.41) is 0. The zero-order valence-electron chi connectivity index (χ0n) is 9.48. The van der Waals surface area contributed by atoms with E-state index in [2.05, 4.69) is 6.58 Å². The summed E-state index contributed by atoms with van der Waals surface area (Å²) in [6.45, 7) is 3.68. The van der Waals surface area contributed by atoms with Gasteiger partial charge in [0.1, 0.15) is 0 Å². The first-order chi connectivity index (χ1) is 7.48.